The summed E-state index contributed by atoms with van der Waals surface area (Å²) in [5.74, 6) is -0.0144. The fourth-order valence-corrected chi connectivity index (χ4v) is 3.53. The molecule has 1 unspecified atom stereocenters. The van der Waals surface area contributed by atoms with Gasteiger partial charge in [-0.3, -0.25) is 9.69 Å². The van der Waals surface area contributed by atoms with Gasteiger partial charge in [0.05, 0.1) is 6.04 Å². The van der Waals surface area contributed by atoms with Gasteiger partial charge in [0.2, 0.25) is 0 Å². The average molecular weight is 351 g/mol. The van der Waals surface area contributed by atoms with Crippen LogP contribution in [0, 0.1) is 6.92 Å². The summed E-state index contributed by atoms with van der Waals surface area (Å²) < 4.78 is 0. The Hall–Kier alpha value is -2.13. The third kappa shape index (κ3) is 5.18. The van der Waals surface area contributed by atoms with Gasteiger partial charge in [-0.1, -0.05) is 54.8 Å². The molecule has 1 atom stereocenters. The minimum absolute atomic E-state index is 0.000114. The Morgan fingerprint density at radius 3 is 2.19 bits per heavy atom. The van der Waals surface area contributed by atoms with Crippen LogP contribution in [0.25, 0.3) is 0 Å². The first-order valence-electron chi connectivity index (χ1n) is 9.80. The van der Waals surface area contributed by atoms with E-state index in [9.17, 15) is 4.79 Å². The van der Waals surface area contributed by atoms with Gasteiger partial charge in [0.1, 0.15) is 0 Å². The van der Waals surface area contributed by atoms with Crippen molar-refractivity contribution in [3.8, 4) is 0 Å². The number of benzene rings is 2. The van der Waals surface area contributed by atoms with Gasteiger partial charge in [-0.25, -0.2) is 0 Å². The van der Waals surface area contributed by atoms with Crippen molar-refractivity contribution in [1.82, 2.24) is 10.2 Å². The third-order valence-corrected chi connectivity index (χ3v) is 5.25. The Morgan fingerprint density at radius 1 is 0.962 bits per heavy atom. The summed E-state index contributed by atoms with van der Waals surface area (Å²) in [5, 5.41) is 3.09. The molecule has 138 valence electrons. The van der Waals surface area contributed by atoms with E-state index in [0.717, 1.165) is 17.7 Å². The van der Waals surface area contributed by atoms with Crippen molar-refractivity contribution in [2.75, 3.05) is 13.1 Å². The van der Waals surface area contributed by atoms with Crippen LogP contribution in [0.5, 0.6) is 0 Å². The Morgan fingerprint density at radius 2 is 1.58 bits per heavy atom. The number of nitrogens with zero attached hydrogens (tertiary/aromatic N) is 1. The molecule has 1 fully saturated rings. The molecule has 0 aromatic heterocycles. The van der Waals surface area contributed by atoms with Crippen LogP contribution in [0.3, 0.4) is 0 Å². The maximum Gasteiger partial charge on any atom is 0.251 e. The zero-order valence-corrected chi connectivity index (χ0v) is 16.0. The summed E-state index contributed by atoms with van der Waals surface area (Å²) in [4.78, 5) is 15.0. The number of rotatable bonds is 5. The molecule has 1 amide bonds. The second kappa shape index (κ2) is 9.00. The van der Waals surface area contributed by atoms with Crippen molar-refractivity contribution in [1.29, 1.82) is 0 Å². The molecule has 2 aromatic carbocycles. The van der Waals surface area contributed by atoms with E-state index in [0.29, 0.717) is 0 Å². The molecule has 1 N–H and O–H groups in total. The van der Waals surface area contributed by atoms with Gasteiger partial charge >= 0.3 is 0 Å². The second-order valence-electron chi connectivity index (χ2n) is 7.49. The average Bonchev–Trinajstić information content (AvgIpc) is 2.91. The Kier molecular flexibility index (Phi) is 6.45. The van der Waals surface area contributed by atoms with Crippen molar-refractivity contribution in [3.05, 3.63) is 70.8 Å². The Labute approximate surface area is 157 Å². The van der Waals surface area contributed by atoms with Crippen LogP contribution in [-0.2, 0) is 6.54 Å². The molecule has 1 heterocycles. The highest BCUT2D eigenvalue weighted by Crippen LogP contribution is 2.16. The monoisotopic (exact) mass is 350 g/mol. The van der Waals surface area contributed by atoms with Crippen molar-refractivity contribution in [2.24, 2.45) is 0 Å². The zero-order chi connectivity index (χ0) is 18.4. The summed E-state index contributed by atoms with van der Waals surface area (Å²) in [5.41, 5.74) is 4.37. The number of nitrogens with one attached hydrogen (secondary N) is 1. The fraction of sp³-hybridized carbons (Fsp3) is 0.435. The summed E-state index contributed by atoms with van der Waals surface area (Å²) in [6.07, 6.45) is 5.32. The molecular formula is C23H30N2O. The van der Waals surface area contributed by atoms with E-state index in [1.165, 1.54) is 49.9 Å². The number of carbonyl (C=O) groups excluding carboxylic acids is 1. The van der Waals surface area contributed by atoms with E-state index in [2.05, 4.69) is 53.5 Å². The molecular weight excluding hydrogens is 320 g/mol. The number of carbonyl (C=O) groups is 1. The predicted molar refractivity (Wildman–Crippen MR) is 107 cm³/mol. The van der Waals surface area contributed by atoms with Crippen molar-refractivity contribution in [2.45, 2.75) is 52.1 Å². The first-order chi connectivity index (χ1) is 12.6. The van der Waals surface area contributed by atoms with E-state index in [1.807, 2.05) is 19.1 Å². The first kappa shape index (κ1) is 18.7. The summed E-state index contributed by atoms with van der Waals surface area (Å²) in [6.45, 7) is 7.46. The largest absolute Gasteiger partial charge is 0.346 e. The summed E-state index contributed by atoms with van der Waals surface area (Å²) in [6, 6.07) is 16.4. The maximum absolute atomic E-state index is 12.5. The minimum Gasteiger partial charge on any atom is -0.346 e. The molecule has 0 radical (unpaired) electrons. The zero-order valence-electron chi connectivity index (χ0n) is 16.0. The molecule has 2 aromatic rings. The quantitative estimate of drug-likeness (QED) is 0.835. The molecule has 1 aliphatic heterocycles. The van der Waals surface area contributed by atoms with E-state index >= 15 is 0 Å². The van der Waals surface area contributed by atoms with Crippen molar-refractivity contribution < 1.29 is 4.79 Å². The summed E-state index contributed by atoms with van der Waals surface area (Å²) in [7, 11) is 0. The highest BCUT2D eigenvalue weighted by Gasteiger charge is 2.13. The number of likely N-dealkylation sites (tertiary alicyclic amines) is 1. The lowest BCUT2D eigenvalue weighted by molar-refractivity contribution is 0.0940. The van der Waals surface area contributed by atoms with Gasteiger partial charge < -0.3 is 5.32 Å². The van der Waals surface area contributed by atoms with Crippen molar-refractivity contribution in [3.63, 3.8) is 0 Å². The molecule has 3 heteroatoms. The van der Waals surface area contributed by atoms with Crippen LogP contribution in [0.1, 0.15) is 65.7 Å². The molecule has 0 aliphatic carbocycles. The van der Waals surface area contributed by atoms with E-state index < -0.39 is 0 Å². The van der Waals surface area contributed by atoms with Crippen LogP contribution in [0.2, 0.25) is 0 Å². The molecule has 3 rings (SSSR count). The van der Waals surface area contributed by atoms with E-state index in [4.69, 9.17) is 0 Å². The normalized spacial score (nSPS) is 16.7. The smallest absolute Gasteiger partial charge is 0.251 e. The first-order valence-corrected chi connectivity index (χ1v) is 9.80. The molecule has 3 nitrogen and oxygen atoms in total. The molecule has 0 saturated carbocycles. The van der Waals surface area contributed by atoms with Crippen molar-refractivity contribution >= 4 is 5.91 Å². The number of hydrogen-bond acceptors (Lipinski definition) is 2. The number of hydrogen-bond donors (Lipinski definition) is 1. The van der Waals surface area contributed by atoms with Gasteiger partial charge in [-0.05, 0) is 63.0 Å². The van der Waals surface area contributed by atoms with Crippen LogP contribution >= 0.6 is 0 Å². The standard InChI is InChI=1S/C23H30N2O/c1-18-7-11-21(12-8-18)19(2)24-23(26)22-13-9-20(10-14-22)17-25-15-5-3-4-6-16-25/h7-14,19H,3-6,15-17H2,1-2H3,(H,24,26). The van der Waals surface area contributed by atoms with Crippen LogP contribution < -0.4 is 5.32 Å². The van der Waals surface area contributed by atoms with Gasteiger partial charge in [0.15, 0.2) is 0 Å². The van der Waals surface area contributed by atoms with Crippen LogP contribution in [0.4, 0.5) is 0 Å². The SMILES string of the molecule is Cc1ccc(C(C)NC(=O)c2ccc(CN3CCCCCC3)cc2)cc1. The molecule has 26 heavy (non-hydrogen) atoms. The maximum atomic E-state index is 12.5. The lowest BCUT2D eigenvalue weighted by Crippen LogP contribution is -2.27. The minimum atomic E-state index is -0.0144. The third-order valence-electron chi connectivity index (χ3n) is 5.25. The topological polar surface area (TPSA) is 32.3 Å². The van der Waals surface area contributed by atoms with Gasteiger partial charge in [-0.15, -0.1) is 0 Å². The lowest BCUT2D eigenvalue weighted by atomic mass is 10.1. The number of aryl methyl sites for hydroxylation is 1. The number of amides is 1. The molecule has 1 aliphatic rings. The Balaban J connectivity index is 1.56. The molecule has 1 saturated heterocycles. The van der Waals surface area contributed by atoms with Crippen LogP contribution in [0.15, 0.2) is 48.5 Å². The highest BCUT2D eigenvalue weighted by atomic mass is 16.1. The predicted octanol–water partition coefficient (Wildman–Crippen LogP) is 4.86. The van der Waals surface area contributed by atoms with Crippen LogP contribution in [-0.4, -0.2) is 23.9 Å². The van der Waals surface area contributed by atoms with Gasteiger partial charge in [0.25, 0.3) is 5.91 Å². The van der Waals surface area contributed by atoms with Gasteiger partial charge in [0, 0.05) is 12.1 Å². The molecule has 0 bridgehead atoms. The second-order valence-corrected chi connectivity index (χ2v) is 7.49. The van der Waals surface area contributed by atoms with E-state index in [1.54, 1.807) is 0 Å². The van der Waals surface area contributed by atoms with Gasteiger partial charge in [-0.2, -0.15) is 0 Å². The molecule has 0 spiro atoms. The highest BCUT2D eigenvalue weighted by molar-refractivity contribution is 5.94. The Bertz CT molecular complexity index is 698. The van der Waals surface area contributed by atoms with E-state index in [-0.39, 0.29) is 11.9 Å². The summed E-state index contributed by atoms with van der Waals surface area (Å²) >= 11 is 0. The lowest BCUT2D eigenvalue weighted by Gasteiger charge is -2.20. The fourth-order valence-electron chi connectivity index (χ4n) is 3.53.